The zero-order chi connectivity index (χ0) is 18.6. The van der Waals surface area contributed by atoms with Crippen LogP contribution in [0.25, 0.3) is 0 Å². The fourth-order valence-electron chi connectivity index (χ4n) is 3.58. The standard InChI is InChI=1S/C22H26N2O3/c1-2-26-19-11-7-6-10-18(19)23-22(25)24-14-20(16-8-4-3-5-9-16)27-21(15-24)17-12-13-17/h3-11,17,20-21H,2,12-15H2,1H3,(H,23,25)/t20-,21+/m0/s1. The van der Waals surface area contributed by atoms with Gasteiger partial charge in [-0.15, -0.1) is 0 Å². The molecule has 142 valence electrons. The van der Waals surface area contributed by atoms with Crippen LogP contribution in [-0.2, 0) is 4.74 Å². The second-order valence-electron chi connectivity index (χ2n) is 7.18. The molecule has 2 aromatic carbocycles. The number of ether oxygens (including phenoxy) is 2. The Morgan fingerprint density at radius 2 is 1.85 bits per heavy atom. The molecule has 2 atom stereocenters. The first-order valence-corrected chi connectivity index (χ1v) is 9.72. The van der Waals surface area contributed by atoms with Crippen LogP contribution >= 0.6 is 0 Å². The lowest BCUT2D eigenvalue weighted by molar-refractivity contribution is -0.0825. The monoisotopic (exact) mass is 366 g/mol. The molecule has 1 aliphatic carbocycles. The third-order valence-electron chi connectivity index (χ3n) is 5.16. The van der Waals surface area contributed by atoms with Crippen molar-refractivity contribution in [3.8, 4) is 5.75 Å². The molecule has 2 fully saturated rings. The Morgan fingerprint density at radius 1 is 1.11 bits per heavy atom. The molecule has 4 rings (SSSR count). The molecule has 5 nitrogen and oxygen atoms in total. The normalized spacial score (nSPS) is 22.3. The Bertz CT molecular complexity index is 776. The molecule has 1 saturated heterocycles. The van der Waals surface area contributed by atoms with E-state index >= 15 is 0 Å². The number of carbonyl (C=O) groups is 1. The van der Waals surface area contributed by atoms with Crippen LogP contribution in [0.5, 0.6) is 5.75 Å². The molecule has 0 bridgehead atoms. The maximum atomic E-state index is 13.0. The van der Waals surface area contributed by atoms with Gasteiger partial charge in [0.05, 0.1) is 24.9 Å². The smallest absolute Gasteiger partial charge is 0.322 e. The lowest BCUT2D eigenvalue weighted by atomic mass is 10.1. The minimum atomic E-state index is -0.1000. The van der Waals surface area contributed by atoms with Gasteiger partial charge in [-0.2, -0.15) is 0 Å². The Labute approximate surface area is 160 Å². The van der Waals surface area contributed by atoms with E-state index in [9.17, 15) is 4.79 Å². The van der Waals surface area contributed by atoms with Crippen LogP contribution in [0.4, 0.5) is 10.5 Å². The van der Waals surface area contributed by atoms with Gasteiger partial charge in [0.2, 0.25) is 0 Å². The summed E-state index contributed by atoms with van der Waals surface area (Å²) in [5, 5.41) is 3.02. The van der Waals surface area contributed by atoms with E-state index in [1.54, 1.807) is 0 Å². The number of amides is 2. The van der Waals surface area contributed by atoms with Crippen LogP contribution in [-0.4, -0.2) is 36.7 Å². The number of carbonyl (C=O) groups excluding carboxylic acids is 1. The molecule has 0 aromatic heterocycles. The van der Waals surface area contributed by atoms with Crippen LogP contribution in [0, 0.1) is 5.92 Å². The largest absolute Gasteiger partial charge is 0.492 e. The number of morpholine rings is 1. The van der Waals surface area contributed by atoms with E-state index in [2.05, 4.69) is 17.4 Å². The van der Waals surface area contributed by atoms with Gasteiger partial charge in [0.25, 0.3) is 0 Å². The highest BCUT2D eigenvalue weighted by molar-refractivity contribution is 5.91. The Hall–Kier alpha value is -2.53. The van der Waals surface area contributed by atoms with Gasteiger partial charge in [0, 0.05) is 6.54 Å². The van der Waals surface area contributed by atoms with Gasteiger partial charge < -0.3 is 19.7 Å². The summed E-state index contributed by atoms with van der Waals surface area (Å²) in [6, 6.07) is 17.6. The second kappa shape index (κ2) is 8.01. The maximum Gasteiger partial charge on any atom is 0.322 e. The SMILES string of the molecule is CCOc1ccccc1NC(=O)N1C[C@@H](c2ccccc2)O[C@@H](C2CC2)C1. The average Bonchev–Trinajstić information content (AvgIpc) is 3.55. The third kappa shape index (κ3) is 4.25. The second-order valence-corrected chi connectivity index (χ2v) is 7.18. The Balaban J connectivity index is 1.50. The summed E-state index contributed by atoms with van der Waals surface area (Å²) in [5.41, 5.74) is 1.82. The molecule has 1 aliphatic heterocycles. The van der Waals surface area contributed by atoms with Crippen molar-refractivity contribution < 1.29 is 14.3 Å². The van der Waals surface area contributed by atoms with Gasteiger partial charge in [-0.05, 0) is 43.4 Å². The highest BCUT2D eigenvalue weighted by atomic mass is 16.5. The van der Waals surface area contributed by atoms with Gasteiger partial charge in [0.1, 0.15) is 11.9 Å². The Morgan fingerprint density at radius 3 is 2.59 bits per heavy atom. The van der Waals surface area contributed by atoms with Crippen LogP contribution in [0.1, 0.15) is 31.4 Å². The summed E-state index contributed by atoms with van der Waals surface area (Å²) in [6.07, 6.45) is 2.40. The predicted octanol–water partition coefficient (Wildman–Crippen LogP) is 4.47. The van der Waals surface area contributed by atoms with Crippen molar-refractivity contribution in [1.29, 1.82) is 0 Å². The molecule has 1 N–H and O–H groups in total. The fourth-order valence-corrected chi connectivity index (χ4v) is 3.58. The number of benzene rings is 2. The molecular formula is C22H26N2O3. The van der Waals surface area contributed by atoms with E-state index in [0.717, 1.165) is 5.56 Å². The summed E-state index contributed by atoms with van der Waals surface area (Å²) < 4.78 is 12.0. The molecule has 0 unspecified atom stereocenters. The molecule has 2 aliphatic rings. The molecule has 0 radical (unpaired) electrons. The van der Waals surface area contributed by atoms with Crippen molar-refractivity contribution in [3.05, 3.63) is 60.2 Å². The average molecular weight is 366 g/mol. The third-order valence-corrected chi connectivity index (χ3v) is 5.16. The van der Waals surface area contributed by atoms with E-state index < -0.39 is 0 Å². The Kier molecular flexibility index (Phi) is 5.30. The van der Waals surface area contributed by atoms with Crippen LogP contribution in [0.15, 0.2) is 54.6 Å². The van der Waals surface area contributed by atoms with Crippen molar-refractivity contribution in [2.24, 2.45) is 5.92 Å². The zero-order valence-electron chi connectivity index (χ0n) is 15.6. The van der Waals surface area contributed by atoms with Crippen molar-refractivity contribution in [1.82, 2.24) is 4.90 Å². The molecule has 27 heavy (non-hydrogen) atoms. The molecule has 5 heteroatoms. The summed E-state index contributed by atoms with van der Waals surface area (Å²) in [5.74, 6) is 1.27. The van der Waals surface area contributed by atoms with E-state index in [0.29, 0.717) is 37.1 Å². The van der Waals surface area contributed by atoms with Crippen molar-refractivity contribution in [3.63, 3.8) is 0 Å². The lowest BCUT2D eigenvalue weighted by Gasteiger charge is -2.38. The number of urea groups is 1. The highest BCUT2D eigenvalue weighted by Crippen LogP contribution is 2.39. The van der Waals surface area contributed by atoms with Gasteiger partial charge in [0.15, 0.2) is 0 Å². The van der Waals surface area contributed by atoms with Gasteiger partial charge in [-0.1, -0.05) is 42.5 Å². The molecule has 1 saturated carbocycles. The number of para-hydroxylation sites is 2. The molecule has 1 heterocycles. The summed E-state index contributed by atoms with van der Waals surface area (Å²) >= 11 is 0. The van der Waals surface area contributed by atoms with E-state index in [1.807, 2.05) is 54.3 Å². The van der Waals surface area contributed by atoms with Crippen LogP contribution < -0.4 is 10.1 Å². The zero-order valence-corrected chi connectivity index (χ0v) is 15.6. The van der Waals surface area contributed by atoms with Gasteiger partial charge in [-0.3, -0.25) is 0 Å². The van der Waals surface area contributed by atoms with Crippen LogP contribution in [0.2, 0.25) is 0 Å². The number of nitrogens with one attached hydrogen (secondary N) is 1. The van der Waals surface area contributed by atoms with Gasteiger partial charge >= 0.3 is 6.03 Å². The van der Waals surface area contributed by atoms with Crippen molar-refractivity contribution >= 4 is 11.7 Å². The van der Waals surface area contributed by atoms with Crippen LogP contribution in [0.3, 0.4) is 0 Å². The van der Waals surface area contributed by atoms with Gasteiger partial charge in [-0.25, -0.2) is 4.79 Å². The lowest BCUT2D eigenvalue weighted by Crippen LogP contribution is -2.49. The fraction of sp³-hybridized carbons (Fsp3) is 0.409. The molecule has 2 amide bonds. The number of hydrogen-bond donors (Lipinski definition) is 1. The van der Waals surface area contributed by atoms with Crippen molar-refractivity contribution in [2.45, 2.75) is 32.0 Å². The number of hydrogen-bond acceptors (Lipinski definition) is 3. The van der Waals surface area contributed by atoms with Crippen molar-refractivity contribution in [2.75, 3.05) is 25.0 Å². The topological polar surface area (TPSA) is 50.8 Å². The summed E-state index contributed by atoms with van der Waals surface area (Å²) in [6.45, 7) is 3.68. The van der Waals surface area contributed by atoms with E-state index in [-0.39, 0.29) is 18.2 Å². The summed E-state index contributed by atoms with van der Waals surface area (Å²) in [7, 11) is 0. The number of nitrogens with zero attached hydrogens (tertiary/aromatic N) is 1. The number of rotatable bonds is 5. The molecular weight excluding hydrogens is 340 g/mol. The number of anilines is 1. The highest BCUT2D eigenvalue weighted by Gasteiger charge is 2.40. The minimum Gasteiger partial charge on any atom is -0.492 e. The quantitative estimate of drug-likeness (QED) is 0.849. The first-order chi connectivity index (χ1) is 13.2. The molecule has 0 spiro atoms. The first-order valence-electron chi connectivity index (χ1n) is 9.72. The van der Waals surface area contributed by atoms with E-state index in [1.165, 1.54) is 12.8 Å². The molecule has 2 aromatic rings. The summed E-state index contributed by atoms with van der Waals surface area (Å²) in [4.78, 5) is 14.9. The predicted molar refractivity (Wildman–Crippen MR) is 105 cm³/mol. The first kappa shape index (κ1) is 17.9. The maximum absolute atomic E-state index is 13.0. The minimum absolute atomic E-state index is 0.0848. The van der Waals surface area contributed by atoms with E-state index in [4.69, 9.17) is 9.47 Å².